The average molecular weight is 316 g/mol. The van der Waals surface area contributed by atoms with Gasteiger partial charge in [-0.15, -0.1) is 11.8 Å². The van der Waals surface area contributed by atoms with Crippen molar-refractivity contribution in [2.45, 2.75) is 23.1 Å². The number of nitrogens with one attached hydrogen (secondary N) is 2. The molecule has 1 aliphatic rings. The molecule has 1 aromatic heterocycles. The Morgan fingerprint density at radius 1 is 1.27 bits per heavy atom. The number of thioether (sulfide) groups is 1. The summed E-state index contributed by atoms with van der Waals surface area (Å²) >= 11 is 1.64. The van der Waals surface area contributed by atoms with Gasteiger partial charge < -0.3 is 15.1 Å². The third-order valence-corrected chi connectivity index (χ3v) is 4.40. The van der Waals surface area contributed by atoms with Crippen molar-refractivity contribution in [2.24, 2.45) is 0 Å². The maximum absolute atomic E-state index is 12.0. The number of carbonyl (C=O) groups is 2. The zero-order valence-electron chi connectivity index (χ0n) is 11.9. The topological polar surface area (TPSA) is 71.3 Å². The molecule has 0 saturated carbocycles. The molecule has 0 unspecified atom stereocenters. The molecule has 2 amide bonds. The van der Waals surface area contributed by atoms with Crippen molar-refractivity contribution in [3.05, 3.63) is 54.0 Å². The summed E-state index contributed by atoms with van der Waals surface area (Å²) in [5, 5.41) is 5.36. The van der Waals surface area contributed by atoms with E-state index in [-0.39, 0.29) is 17.6 Å². The summed E-state index contributed by atoms with van der Waals surface area (Å²) in [6, 6.07) is 13.0. The van der Waals surface area contributed by atoms with Crippen molar-refractivity contribution in [3.8, 4) is 0 Å². The number of carbonyl (C=O) groups excluding carboxylic acids is 2. The molecule has 2 heterocycles. The van der Waals surface area contributed by atoms with E-state index >= 15 is 0 Å². The minimum atomic E-state index is -0.459. The molecule has 1 atom stereocenters. The van der Waals surface area contributed by atoms with E-state index in [0.717, 1.165) is 10.7 Å². The van der Waals surface area contributed by atoms with Gasteiger partial charge in [-0.25, -0.2) is 0 Å². The normalized spacial score (nSPS) is 17.3. The van der Waals surface area contributed by atoms with Crippen LogP contribution in [-0.4, -0.2) is 24.4 Å². The SMILES string of the molecule is O=C(N[C@@H]1CCNC1=O)c1ccc(CSc2ccccc2)o1. The van der Waals surface area contributed by atoms with Crippen LogP contribution < -0.4 is 10.6 Å². The van der Waals surface area contributed by atoms with Gasteiger partial charge in [-0.05, 0) is 30.7 Å². The molecular weight excluding hydrogens is 300 g/mol. The van der Waals surface area contributed by atoms with Crippen LogP contribution in [-0.2, 0) is 10.5 Å². The molecular formula is C16H16N2O3S. The molecule has 1 aliphatic heterocycles. The van der Waals surface area contributed by atoms with Crippen LogP contribution in [0.2, 0.25) is 0 Å². The summed E-state index contributed by atoms with van der Waals surface area (Å²) in [4.78, 5) is 24.6. The summed E-state index contributed by atoms with van der Waals surface area (Å²) in [6.07, 6.45) is 0.613. The highest BCUT2D eigenvalue weighted by molar-refractivity contribution is 7.98. The summed E-state index contributed by atoms with van der Waals surface area (Å²) in [5.74, 6) is 1.14. The molecule has 1 saturated heterocycles. The largest absolute Gasteiger partial charge is 0.455 e. The predicted octanol–water partition coefficient (Wildman–Crippen LogP) is 2.19. The van der Waals surface area contributed by atoms with Gasteiger partial charge in [0.25, 0.3) is 5.91 Å². The zero-order valence-corrected chi connectivity index (χ0v) is 12.7. The number of benzene rings is 1. The smallest absolute Gasteiger partial charge is 0.287 e. The minimum Gasteiger partial charge on any atom is -0.455 e. The van der Waals surface area contributed by atoms with Crippen LogP contribution in [0.5, 0.6) is 0 Å². The highest BCUT2D eigenvalue weighted by Gasteiger charge is 2.26. The lowest BCUT2D eigenvalue weighted by molar-refractivity contribution is -0.120. The van der Waals surface area contributed by atoms with E-state index in [9.17, 15) is 9.59 Å². The minimum absolute atomic E-state index is 0.139. The summed E-state index contributed by atoms with van der Waals surface area (Å²) in [6.45, 7) is 0.598. The second-order valence-corrected chi connectivity index (χ2v) is 6.02. The summed E-state index contributed by atoms with van der Waals surface area (Å²) in [5.41, 5.74) is 0. The van der Waals surface area contributed by atoms with Gasteiger partial charge in [0, 0.05) is 11.4 Å². The van der Waals surface area contributed by atoms with Crippen LogP contribution in [0, 0.1) is 0 Å². The first-order chi connectivity index (χ1) is 10.7. The lowest BCUT2D eigenvalue weighted by Crippen LogP contribution is -2.39. The van der Waals surface area contributed by atoms with Gasteiger partial charge >= 0.3 is 0 Å². The van der Waals surface area contributed by atoms with Gasteiger partial charge in [0.2, 0.25) is 5.91 Å². The standard InChI is InChI=1S/C16H16N2O3S/c19-15-13(8-9-17-15)18-16(20)14-7-6-11(21-14)10-22-12-4-2-1-3-5-12/h1-7,13H,8-10H2,(H,17,19)(H,18,20)/t13-/m1/s1. The predicted molar refractivity (Wildman–Crippen MR) is 83.6 cm³/mol. The monoisotopic (exact) mass is 316 g/mol. The second-order valence-electron chi connectivity index (χ2n) is 4.97. The molecule has 1 fully saturated rings. The lowest BCUT2D eigenvalue weighted by atomic mass is 10.2. The highest BCUT2D eigenvalue weighted by atomic mass is 32.2. The Labute approximate surface area is 132 Å². The number of rotatable bonds is 5. The fourth-order valence-electron chi connectivity index (χ4n) is 2.21. The average Bonchev–Trinajstić information content (AvgIpc) is 3.16. The van der Waals surface area contributed by atoms with E-state index in [0.29, 0.717) is 18.7 Å². The van der Waals surface area contributed by atoms with Gasteiger partial charge in [-0.1, -0.05) is 18.2 Å². The maximum atomic E-state index is 12.0. The van der Waals surface area contributed by atoms with E-state index in [1.807, 2.05) is 30.3 Å². The fraction of sp³-hybridized carbons (Fsp3) is 0.250. The van der Waals surface area contributed by atoms with Crippen LogP contribution in [0.25, 0.3) is 0 Å². The number of amides is 2. The van der Waals surface area contributed by atoms with E-state index in [1.165, 1.54) is 0 Å². The van der Waals surface area contributed by atoms with Crippen molar-refractivity contribution in [1.29, 1.82) is 0 Å². The lowest BCUT2D eigenvalue weighted by Gasteiger charge is -2.07. The molecule has 22 heavy (non-hydrogen) atoms. The molecule has 6 heteroatoms. The van der Waals surface area contributed by atoms with Gasteiger partial charge in [-0.2, -0.15) is 0 Å². The molecule has 3 rings (SSSR count). The van der Waals surface area contributed by atoms with Crippen molar-refractivity contribution in [2.75, 3.05) is 6.54 Å². The van der Waals surface area contributed by atoms with Gasteiger partial charge in [0.15, 0.2) is 5.76 Å². The van der Waals surface area contributed by atoms with Crippen molar-refractivity contribution in [1.82, 2.24) is 10.6 Å². The molecule has 2 N–H and O–H groups in total. The summed E-state index contributed by atoms with van der Waals surface area (Å²) < 4.78 is 5.55. The third kappa shape index (κ3) is 3.51. The number of hydrogen-bond acceptors (Lipinski definition) is 4. The van der Waals surface area contributed by atoms with E-state index in [4.69, 9.17) is 4.42 Å². The number of furan rings is 1. The molecule has 5 nitrogen and oxygen atoms in total. The van der Waals surface area contributed by atoms with Crippen molar-refractivity contribution >= 4 is 23.6 Å². The molecule has 0 bridgehead atoms. The van der Waals surface area contributed by atoms with Crippen LogP contribution in [0.4, 0.5) is 0 Å². The third-order valence-electron chi connectivity index (χ3n) is 3.36. The van der Waals surface area contributed by atoms with Crippen molar-refractivity contribution in [3.63, 3.8) is 0 Å². The quantitative estimate of drug-likeness (QED) is 0.830. The molecule has 2 aromatic rings. The van der Waals surface area contributed by atoms with Crippen LogP contribution in [0.15, 0.2) is 51.8 Å². The first kappa shape index (κ1) is 14.7. The van der Waals surface area contributed by atoms with Gasteiger partial charge in [-0.3, -0.25) is 9.59 Å². The molecule has 114 valence electrons. The molecule has 1 aromatic carbocycles. The van der Waals surface area contributed by atoms with Crippen LogP contribution in [0.3, 0.4) is 0 Å². The maximum Gasteiger partial charge on any atom is 0.287 e. The van der Waals surface area contributed by atoms with E-state index < -0.39 is 6.04 Å². The van der Waals surface area contributed by atoms with E-state index in [2.05, 4.69) is 10.6 Å². The van der Waals surface area contributed by atoms with Crippen LogP contribution >= 0.6 is 11.8 Å². The Morgan fingerprint density at radius 3 is 2.82 bits per heavy atom. The Kier molecular flexibility index (Phi) is 4.48. The first-order valence-electron chi connectivity index (χ1n) is 7.07. The van der Waals surface area contributed by atoms with Crippen molar-refractivity contribution < 1.29 is 14.0 Å². The zero-order chi connectivity index (χ0) is 15.4. The molecule has 0 aliphatic carbocycles. The Bertz CT molecular complexity index is 669. The Hall–Kier alpha value is -2.21. The highest BCUT2D eigenvalue weighted by Crippen LogP contribution is 2.23. The fourth-order valence-corrected chi connectivity index (χ4v) is 3.02. The molecule has 0 spiro atoms. The van der Waals surface area contributed by atoms with E-state index in [1.54, 1.807) is 23.9 Å². The molecule has 0 radical (unpaired) electrons. The summed E-state index contributed by atoms with van der Waals surface area (Å²) in [7, 11) is 0. The Balaban J connectivity index is 1.56. The Morgan fingerprint density at radius 2 is 2.09 bits per heavy atom. The van der Waals surface area contributed by atoms with Gasteiger partial charge in [0.1, 0.15) is 11.8 Å². The first-order valence-corrected chi connectivity index (χ1v) is 8.06. The van der Waals surface area contributed by atoms with Crippen LogP contribution in [0.1, 0.15) is 22.7 Å². The number of hydrogen-bond donors (Lipinski definition) is 2. The van der Waals surface area contributed by atoms with Gasteiger partial charge in [0.05, 0.1) is 5.75 Å². The second kappa shape index (κ2) is 6.70.